The summed E-state index contributed by atoms with van der Waals surface area (Å²) in [5, 5.41) is 3.47. The van der Waals surface area contributed by atoms with Gasteiger partial charge in [-0.1, -0.05) is 22.9 Å². The summed E-state index contributed by atoms with van der Waals surface area (Å²) in [5.74, 6) is -0.127. The summed E-state index contributed by atoms with van der Waals surface area (Å²) in [6.07, 6.45) is 1.70. The lowest BCUT2D eigenvalue weighted by Crippen LogP contribution is -2.39. The molecule has 2 rings (SSSR count). The first-order chi connectivity index (χ1) is 10.0. The molecule has 5 heteroatoms. The van der Waals surface area contributed by atoms with Crippen molar-refractivity contribution in [1.82, 2.24) is 5.32 Å². The van der Waals surface area contributed by atoms with Crippen molar-refractivity contribution in [2.24, 2.45) is 11.7 Å². The summed E-state index contributed by atoms with van der Waals surface area (Å²) >= 11 is 3.56. The van der Waals surface area contributed by atoms with Gasteiger partial charge in [0.2, 0.25) is 5.91 Å². The van der Waals surface area contributed by atoms with E-state index in [0.29, 0.717) is 6.04 Å². The molecule has 1 fully saturated rings. The first-order valence-corrected chi connectivity index (χ1v) is 8.39. The second-order valence-electron chi connectivity index (χ2n) is 5.65. The maximum Gasteiger partial charge on any atom is 0.220 e. The predicted octanol–water partition coefficient (Wildman–Crippen LogP) is 2.82. The molecule has 1 saturated heterocycles. The Bertz CT molecular complexity index is 498. The Kier molecular flexibility index (Phi) is 5.65. The average molecular weight is 354 g/mol. The van der Waals surface area contributed by atoms with Crippen LogP contribution in [0.1, 0.15) is 38.3 Å². The largest absolute Gasteiger partial charge is 0.371 e. The summed E-state index contributed by atoms with van der Waals surface area (Å²) in [7, 11) is 0. The van der Waals surface area contributed by atoms with Crippen LogP contribution in [0.2, 0.25) is 0 Å². The van der Waals surface area contributed by atoms with Crippen LogP contribution in [0.4, 0.5) is 5.69 Å². The minimum Gasteiger partial charge on any atom is -0.371 e. The summed E-state index contributed by atoms with van der Waals surface area (Å²) in [6, 6.07) is 6.73. The highest BCUT2D eigenvalue weighted by Gasteiger charge is 2.25. The van der Waals surface area contributed by atoms with Crippen molar-refractivity contribution >= 4 is 27.5 Å². The van der Waals surface area contributed by atoms with E-state index in [9.17, 15) is 4.79 Å². The first-order valence-electron chi connectivity index (χ1n) is 7.60. The number of hydrogen-bond donors (Lipinski definition) is 2. The molecule has 1 aliphatic heterocycles. The third-order valence-electron chi connectivity index (χ3n) is 4.20. The van der Waals surface area contributed by atoms with E-state index in [1.54, 1.807) is 0 Å². The van der Waals surface area contributed by atoms with Crippen molar-refractivity contribution < 1.29 is 4.79 Å². The molecule has 1 aromatic rings. The number of halogens is 1. The number of hydrogen-bond acceptors (Lipinski definition) is 3. The van der Waals surface area contributed by atoms with Crippen LogP contribution in [0.3, 0.4) is 0 Å². The smallest absolute Gasteiger partial charge is 0.220 e. The number of rotatable bonds is 5. The van der Waals surface area contributed by atoms with Crippen LogP contribution >= 0.6 is 15.9 Å². The van der Waals surface area contributed by atoms with Crippen molar-refractivity contribution in [2.45, 2.75) is 32.7 Å². The lowest BCUT2D eigenvalue weighted by atomic mass is 9.94. The van der Waals surface area contributed by atoms with Gasteiger partial charge in [-0.2, -0.15) is 0 Å². The second kappa shape index (κ2) is 7.27. The standard InChI is InChI=1S/C16H24BrN3O/c1-3-19-11(2)14-10-13(17)4-5-15(14)20-8-6-12(7-9-20)16(18)21/h4-5,10-12,19H,3,6-9H2,1-2H3,(H2,18,21). The van der Waals surface area contributed by atoms with E-state index < -0.39 is 0 Å². The average Bonchev–Trinajstić information content (AvgIpc) is 2.47. The zero-order valence-electron chi connectivity index (χ0n) is 12.7. The molecule has 1 amide bonds. The number of carbonyl (C=O) groups excluding carboxylic acids is 1. The van der Waals surface area contributed by atoms with Gasteiger partial charge >= 0.3 is 0 Å². The Morgan fingerprint density at radius 1 is 1.48 bits per heavy atom. The minimum absolute atomic E-state index is 0.0336. The van der Waals surface area contributed by atoms with Crippen LogP contribution in [-0.2, 0) is 4.79 Å². The quantitative estimate of drug-likeness (QED) is 0.855. The number of carbonyl (C=O) groups is 1. The molecule has 0 saturated carbocycles. The van der Waals surface area contributed by atoms with E-state index >= 15 is 0 Å². The van der Waals surface area contributed by atoms with E-state index in [0.717, 1.165) is 36.9 Å². The molecule has 1 heterocycles. The number of anilines is 1. The van der Waals surface area contributed by atoms with Crippen molar-refractivity contribution in [3.8, 4) is 0 Å². The molecular weight excluding hydrogens is 330 g/mol. The Morgan fingerprint density at radius 2 is 2.14 bits per heavy atom. The number of amides is 1. The highest BCUT2D eigenvalue weighted by molar-refractivity contribution is 9.10. The van der Waals surface area contributed by atoms with Crippen molar-refractivity contribution in [3.63, 3.8) is 0 Å². The van der Waals surface area contributed by atoms with Crippen LogP contribution in [-0.4, -0.2) is 25.5 Å². The molecule has 4 nitrogen and oxygen atoms in total. The molecule has 0 spiro atoms. The molecule has 1 unspecified atom stereocenters. The van der Waals surface area contributed by atoms with Crippen LogP contribution in [0.15, 0.2) is 22.7 Å². The van der Waals surface area contributed by atoms with E-state index in [1.807, 2.05) is 0 Å². The molecule has 0 aromatic heterocycles. The van der Waals surface area contributed by atoms with Gasteiger partial charge in [-0.15, -0.1) is 0 Å². The molecule has 0 bridgehead atoms. The molecule has 21 heavy (non-hydrogen) atoms. The number of nitrogens with zero attached hydrogens (tertiary/aromatic N) is 1. The van der Waals surface area contributed by atoms with Gasteiger partial charge in [0, 0.05) is 35.2 Å². The molecule has 1 atom stereocenters. The molecule has 1 aromatic carbocycles. The zero-order valence-corrected chi connectivity index (χ0v) is 14.3. The van der Waals surface area contributed by atoms with Gasteiger partial charge in [-0.25, -0.2) is 0 Å². The van der Waals surface area contributed by atoms with Crippen LogP contribution in [0.25, 0.3) is 0 Å². The Balaban J connectivity index is 2.18. The Morgan fingerprint density at radius 3 is 2.71 bits per heavy atom. The number of nitrogens with one attached hydrogen (secondary N) is 1. The van der Waals surface area contributed by atoms with Gasteiger partial charge in [-0.05, 0) is 50.1 Å². The molecule has 1 aliphatic rings. The van der Waals surface area contributed by atoms with Crippen LogP contribution in [0, 0.1) is 5.92 Å². The fourth-order valence-corrected chi connectivity index (χ4v) is 3.36. The number of primary amides is 1. The molecule has 0 radical (unpaired) electrons. The Labute approximate surface area is 135 Å². The fraction of sp³-hybridized carbons (Fsp3) is 0.562. The minimum atomic E-state index is -0.160. The van der Waals surface area contributed by atoms with E-state index in [2.05, 4.69) is 58.2 Å². The lowest BCUT2D eigenvalue weighted by molar-refractivity contribution is -0.122. The highest BCUT2D eigenvalue weighted by Crippen LogP contribution is 2.32. The van der Waals surface area contributed by atoms with Gasteiger partial charge in [0.15, 0.2) is 0 Å². The molecular formula is C16H24BrN3O. The van der Waals surface area contributed by atoms with E-state index in [-0.39, 0.29) is 11.8 Å². The fourth-order valence-electron chi connectivity index (χ4n) is 2.98. The third-order valence-corrected chi connectivity index (χ3v) is 4.70. The summed E-state index contributed by atoms with van der Waals surface area (Å²) in [6.45, 7) is 7.02. The van der Waals surface area contributed by atoms with Crippen molar-refractivity contribution in [3.05, 3.63) is 28.2 Å². The van der Waals surface area contributed by atoms with Crippen LogP contribution < -0.4 is 16.0 Å². The van der Waals surface area contributed by atoms with Gasteiger partial charge < -0.3 is 16.0 Å². The molecule has 3 N–H and O–H groups in total. The predicted molar refractivity (Wildman–Crippen MR) is 90.4 cm³/mol. The van der Waals surface area contributed by atoms with Crippen molar-refractivity contribution in [2.75, 3.05) is 24.5 Å². The summed E-state index contributed by atoms with van der Waals surface area (Å²) < 4.78 is 1.10. The SMILES string of the molecule is CCNC(C)c1cc(Br)ccc1N1CCC(C(N)=O)CC1. The van der Waals surface area contributed by atoms with Gasteiger partial charge in [0.05, 0.1) is 0 Å². The van der Waals surface area contributed by atoms with Crippen molar-refractivity contribution in [1.29, 1.82) is 0 Å². The maximum absolute atomic E-state index is 11.3. The molecule has 116 valence electrons. The monoisotopic (exact) mass is 353 g/mol. The number of benzene rings is 1. The Hall–Kier alpha value is -1.07. The third kappa shape index (κ3) is 3.98. The normalized spacial score (nSPS) is 17.8. The van der Waals surface area contributed by atoms with E-state index in [1.165, 1.54) is 11.3 Å². The van der Waals surface area contributed by atoms with Crippen LogP contribution in [0.5, 0.6) is 0 Å². The topological polar surface area (TPSA) is 58.4 Å². The lowest BCUT2D eigenvalue weighted by Gasteiger charge is -2.34. The van der Waals surface area contributed by atoms with E-state index in [4.69, 9.17) is 5.73 Å². The highest BCUT2D eigenvalue weighted by atomic mass is 79.9. The number of piperidine rings is 1. The first kappa shape index (κ1) is 16.3. The van der Waals surface area contributed by atoms with Gasteiger partial charge in [-0.3, -0.25) is 4.79 Å². The second-order valence-corrected chi connectivity index (χ2v) is 6.56. The van der Waals surface area contributed by atoms with Gasteiger partial charge in [0.1, 0.15) is 0 Å². The number of nitrogens with two attached hydrogens (primary N) is 1. The molecule has 0 aliphatic carbocycles. The summed E-state index contributed by atoms with van der Waals surface area (Å²) in [4.78, 5) is 13.7. The summed E-state index contributed by atoms with van der Waals surface area (Å²) in [5.41, 5.74) is 7.97. The zero-order chi connectivity index (χ0) is 15.4. The van der Waals surface area contributed by atoms with Gasteiger partial charge in [0.25, 0.3) is 0 Å². The maximum atomic E-state index is 11.3.